The van der Waals surface area contributed by atoms with Gasteiger partial charge < -0.3 is 25.1 Å². The molecule has 3 aromatic rings. The van der Waals surface area contributed by atoms with Gasteiger partial charge in [0.05, 0.1) is 13.2 Å². The lowest BCUT2D eigenvalue weighted by Gasteiger charge is -2.18. The molecular weight excluding hydrogens is 522 g/mol. The van der Waals surface area contributed by atoms with E-state index >= 15 is 0 Å². The van der Waals surface area contributed by atoms with Gasteiger partial charge in [-0.25, -0.2) is 4.39 Å². The lowest BCUT2D eigenvalue weighted by atomic mass is 10.1. The molecule has 1 atom stereocenters. The van der Waals surface area contributed by atoms with Crippen molar-refractivity contribution < 1.29 is 13.9 Å². The number of H-pyrrole nitrogens is 1. The van der Waals surface area contributed by atoms with Gasteiger partial charge in [-0.1, -0.05) is 12.1 Å². The Morgan fingerprint density at radius 3 is 2.88 bits per heavy atom. The monoisotopic (exact) mass is 552 g/mol. The number of aryl methyl sites for hydroxylation is 1. The topological polar surface area (TPSA) is 70.7 Å². The molecule has 32 heavy (non-hydrogen) atoms. The SMILES string of the molecule is CN=C(NCCc1c[nH]c2ccc(F)cc12)NCc1ccc(C)cc1OC1CCOC1.I. The molecule has 1 fully saturated rings. The van der Waals surface area contributed by atoms with Crippen molar-refractivity contribution in [1.29, 1.82) is 0 Å². The summed E-state index contributed by atoms with van der Waals surface area (Å²) in [7, 11) is 1.75. The minimum absolute atomic E-state index is 0. The summed E-state index contributed by atoms with van der Waals surface area (Å²) in [5.74, 6) is 1.38. The molecule has 1 unspecified atom stereocenters. The van der Waals surface area contributed by atoms with E-state index in [1.807, 2.05) is 6.20 Å². The fraction of sp³-hybridized carbons (Fsp3) is 0.375. The van der Waals surface area contributed by atoms with Crippen LogP contribution in [0, 0.1) is 12.7 Å². The molecule has 0 aliphatic carbocycles. The molecule has 0 radical (unpaired) electrons. The van der Waals surface area contributed by atoms with E-state index in [0.717, 1.165) is 52.8 Å². The van der Waals surface area contributed by atoms with Gasteiger partial charge in [-0.2, -0.15) is 0 Å². The van der Waals surface area contributed by atoms with Crippen LogP contribution in [0.2, 0.25) is 0 Å². The Morgan fingerprint density at radius 2 is 2.09 bits per heavy atom. The predicted octanol–water partition coefficient (Wildman–Crippen LogP) is 4.31. The third-order valence-corrected chi connectivity index (χ3v) is 5.49. The first-order valence-corrected chi connectivity index (χ1v) is 10.7. The number of benzene rings is 2. The van der Waals surface area contributed by atoms with Crippen molar-refractivity contribution in [3.63, 3.8) is 0 Å². The quantitative estimate of drug-likeness (QED) is 0.232. The number of guanidine groups is 1. The fourth-order valence-corrected chi connectivity index (χ4v) is 3.78. The van der Waals surface area contributed by atoms with Crippen LogP contribution >= 0.6 is 24.0 Å². The van der Waals surface area contributed by atoms with Gasteiger partial charge in [-0.15, -0.1) is 24.0 Å². The summed E-state index contributed by atoms with van der Waals surface area (Å²) in [5, 5.41) is 7.61. The summed E-state index contributed by atoms with van der Waals surface area (Å²) >= 11 is 0. The summed E-state index contributed by atoms with van der Waals surface area (Å²) in [5.41, 5.74) is 4.26. The molecule has 3 N–H and O–H groups in total. The Bertz CT molecular complexity index is 1060. The number of nitrogens with one attached hydrogen (secondary N) is 3. The molecule has 1 aliphatic heterocycles. The normalized spacial score (nSPS) is 16.1. The van der Waals surface area contributed by atoms with Crippen molar-refractivity contribution in [1.82, 2.24) is 15.6 Å². The lowest BCUT2D eigenvalue weighted by molar-refractivity contribution is 0.140. The zero-order valence-corrected chi connectivity index (χ0v) is 20.7. The molecule has 0 spiro atoms. The molecule has 6 nitrogen and oxygen atoms in total. The zero-order valence-electron chi connectivity index (χ0n) is 18.4. The van der Waals surface area contributed by atoms with E-state index in [-0.39, 0.29) is 35.9 Å². The number of halogens is 2. The number of aromatic nitrogens is 1. The number of hydrogen-bond donors (Lipinski definition) is 3. The molecule has 2 heterocycles. The van der Waals surface area contributed by atoms with Crippen LogP contribution in [0.15, 0.2) is 47.6 Å². The summed E-state index contributed by atoms with van der Waals surface area (Å²) in [4.78, 5) is 7.51. The lowest BCUT2D eigenvalue weighted by Crippen LogP contribution is -2.38. The number of nitrogens with zero attached hydrogens (tertiary/aromatic N) is 1. The second-order valence-electron chi connectivity index (χ2n) is 7.82. The van der Waals surface area contributed by atoms with Crippen LogP contribution < -0.4 is 15.4 Å². The van der Waals surface area contributed by atoms with Gasteiger partial charge in [-0.3, -0.25) is 4.99 Å². The Labute approximate surface area is 205 Å². The minimum atomic E-state index is -0.223. The number of aromatic amines is 1. The number of rotatable bonds is 7. The van der Waals surface area contributed by atoms with Gasteiger partial charge in [-0.05, 0) is 48.7 Å². The average Bonchev–Trinajstić information content (AvgIpc) is 3.41. The Hall–Kier alpha value is -2.33. The maximum absolute atomic E-state index is 13.6. The maximum Gasteiger partial charge on any atom is 0.191 e. The Balaban J connectivity index is 0.00000289. The van der Waals surface area contributed by atoms with E-state index in [9.17, 15) is 4.39 Å². The Morgan fingerprint density at radius 1 is 1.22 bits per heavy atom. The summed E-state index contributed by atoms with van der Waals surface area (Å²) < 4.78 is 25.2. The van der Waals surface area contributed by atoms with Crippen molar-refractivity contribution in [2.75, 3.05) is 26.8 Å². The maximum atomic E-state index is 13.6. The summed E-state index contributed by atoms with van der Waals surface area (Å²) in [6, 6.07) is 11.0. The van der Waals surface area contributed by atoms with Crippen LogP contribution in [0.1, 0.15) is 23.1 Å². The zero-order chi connectivity index (χ0) is 21.6. The van der Waals surface area contributed by atoms with Crippen LogP contribution in [0.5, 0.6) is 5.75 Å². The molecule has 0 saturated carbocycles. The highest BCUT2D eigenvalue weighted by molar-refractivity contribution is 14.0. The van der Waals surface area contributed by atoms with Gasteiger partial charge in [0.1, 0.15) is 17.7 Å². The smallest absolute Gasteiger partial charge is 0.191 e. The van der Waals surface area contributed by atoms with E-state index in [1.54, 1.807) is 19.2 Å². The van der Waals surface area contributed by atoms with Crippen molar-refractivity contribution in [2.24, 2.45) is 4.99 Å². The molecular formula is C24H30FIN4O2. The van der Waals surface area contributed by atoms with Crippen LogP contribution in [-0.2, 0) is 17.7 Å². The largest absolute Gasteiger partial charge is 0.488 e. The van der Waals surface area contributed by atoms with Crippen molar-refractivity contribution in [3.05, 3.63) is 65.1 Å². The molecule has 8 heteroatoms. The molecule has 172 valence electrons. The first-order valence-electron chi connectivity index (χ1n) is 10.7. The molecule has 1 saturated heterocycles. The number of hydrogen-bond acceptors (Lipinski definition) is 3. The van der Waals surface area contributed by atoms with Crippen LogP contribution in [0.4, 0.5) is 4.39 Å². The van der Waals surface area contributed by atoms with Crippen molar-refractivity contribution in [2.45, 2.75) is 32.4 Å². The summed E-state index contributed by atoms with van der Waals surface area (Å²) in [6.45, 7) is 4.73. The number of fused-ring (bicyclic) bond motifs is 1. The minimum Gasteiger partial charge on any atom is -0.488 e. The molecule has 0 bridgehead atoms. The number of ether oxygens (including phenoxy) is 2. The highest BCUT2D eigenvalue weighted by Crippen LogP contribution is 2.24. The van der Waals surface area contributed by atoms with Gasteiger partial charge in [0.15, 0.2) is 5.96 Å². The van der Waals surface area contributed by atoms with Crippen LogP contribution in [0.25, 0.3) is 10.9 Å². The van der Waals surface area contributed by atoms with E-state index in [2.05, 4.69) is 45.7 Å². The number of aliphatic imine (C=N–C) groups is 1. The van der Waals surface area contributed by atoms with E-state index in [4.69, 9.17) is 9.47 Å². The summed E-state index contributed by atoms with van der Waals surface area (Å²) in [6.07, 6.45) is 3.72. The van der Waals surface area contributed by atoms with Gasteiger partial charge in [0.2, 0.25) is 0 Å². The molecule has 1 aliphatic rings. The van der Waals surface area contributed by atoms with Gasteiger partial charge in [0.25, 0.3) is 0 Å². The van der Waals surface area contributed by atoms with Gasteiger partial charge in [0, 0.05) is 49.2 Å². The van der Waals surface area contributed by atoms with Crippen LogP contribution in [-0.4, -0.2) is 43.9 Å². The first kappa shape index (κ1) is 24.3. The second kappa shape index (κ2) is 11.5. The third-order valence-electron chi connectivity index (χ3n) is 5.49. The third kappa shape index (κ3) is 6.13. The highest BCUT2D eigenvalue weighted by atomic mass is 127. The van der Waals surface area contributed by atoms with E-state index < -0.39 is 0 Å². The van der Waals surface area contributed by atoms with Crippen molar-refractivity contribution in [3.8, 4) is 5.75 Å². The molecule has 4 rings (SSSR count). The predicted molar refractivity (Wildman–Crippen MR) is 137 cm³/mol. The van der Waals surface area contributed by atoms with E-state index in [0.29, 0.717) is 25.7 Å². The van der Waals surface area contributed by atoms with Crippen LogP contribution in [0.3, 0.4) is 0 Å². The molecule has 1 aromatic heterocycles. The second-order valence-corrected chi connectivity index (χ2v) is 7.82. The van der Waals surface area contributed by atoms with E-state index in [1.165, 1.54) is 6.07 Å². The standard InChI is InChI=1S/C24H29FN4O2.HI/c1-16-3-4-18(23(11-16)31-20-8-10-30-15-20)14-29-24(26-2)27-9-7-17-13-28-22-6-5-19(25)12-21(17)22;/h3-6,11-13,20,28H,7-10,14-15H2,1-2H3,(H2,26,27,29);1H. The Kier molecular flexibility index (Phi) is 8.75. The highest BCUT2D eigenvalue weighted by Gasteiger charge is 2.18. The average molecular weight is 552 g/mol. The first-order chi connectivity index (χ1) is 15.1. The van der Waals surface area contributed by atoms with Gasteiger partial charge >= 0.3 is 0 Å². The van der Waals surface area contributed by atoms with Crippen molar-refractivity contribution >= 4 is 40.8 Å². The molecule has 2 aromatic carbocycles. The fourth-order valence-electron chi connectivity index (χ4n) is 3.78. The molecule has 0 amide bonds.